The van der Waals surface area contributed by atoms with Gasteiger partial charge in [-0.15, -0.1) is 0 Å². The molecule has 0 heterocycles. The number of fused-ring (bicyclic) bond motifs is 5. The average Bonchev–Trinajstić information content (AvgIpc) is 3.06. The fourth-order valence-electron chi connectivity index (χ4n) is 8.53. The number of Topliss-reactive ketones (excluding diaryl/α,β-unsaturated/α-hetero) is 1. The number of ketones is 1. The summed E-state index contributed by atoms with van der Waals surface area (Å²) in [7, 11) is 1.45. The summed E-state index contributed by atoms with van der Waals surface area (Å²) >= 11 is 0. The van der Waals surface area contributed by atoms with E-state index in [9.17, 15) is 14.7 Å². The van der Waals surface area contributed by atoms with Crippen LogP contribution in [0.15, 0.2) is 0 Å². The highest BCUT2D eigenvalue weighted by Gasteiger charge is 2.63. The van der Waals surface area contributed by atoms with Crippen LogP contribution in [-0.2, 0) is 14.3 Å². The van der Waals surface area contributed by atoms with Gasteiger partial charge in [0.05, 0.1) is 13.2 Å². The van der Waals surface area contributed by atoms with E-state index in [0.29, 0.717) is 47.7 Å². The van der Waals surface area contributed by atoms with Gasteiger partial charge in [-0.1, -0.05) is 20.8 Å². The van der Waals surface area contributed by atoms with Crippen molar-refractivity contribution in [2.45, 2.75) is 91.1 Å². The van der Waals surface area contributed by atoms with Crippen molar-refractivity contribution in [3.63, 3.8) is 0 Å². The highest BCUT2D eigenvalue weighted by molar-refractivity contribution is 5.87. The van der Waals surface area contributed by atoms with E-state index in [4.69, 9.17) is 4.74 Å². The van der Waals surface area contributed by atoms with Crippen LogP contribution in [0.4, 0.5) is 0 Å². The summed E-state index contributed by atoms with van der Waals surface area (Å²) in [4.78, 5) is 25.3. The van der Waals surface area contributed by atoms with Crippen molar-refractivity contribution in [2.24, 2.45) is 46.3 Å². The van der Waals surface area contributed by atoms with Gasteiger partial charge in [0.25, 0.3) is 0 Å². The van der Waals surface area contributed by atoms with E-state index >= 15 is 0 Å². The normalized spacial score (nSPS) is 47.7. The van der Waals surface area contributed by atoms with Crippen molar-refractivity contribution in [2.75, 3.05) is 7.11 Å². The van der Waals surface area contributed by atoms with Gasteiger partial charge < -0.3 is 9.84 Å². The predicted molar refractivity (Wildman–Crippen MR) is 112 cm³/mol. The fraction of sp³-hybridized carbons (Fsp3) is 0.920. The van der Waals surface area contributed by atoms with Crippen molar-refractivity contribution in [3.05, 3.63) is 0 Å². The van der Waals surface area contributed by atoms with Gasteiger partial charge >= 0.3 is 5.97 Å². The minimum atomic E-state index is -0.214. The Morgan fingerprint density at radius 3 is 2.66 bits per heavy atom. The van der Waals surface area contributed by atoms with E-state index in [1.54, 1.807) is 0 Å². The minimum absolute atomic E-state index is 0.138. The number of hydrogen-bond donors (Lipinski definition) is 1. The number of rotatable bonds is 4. The molecule has 164 valence electrons. The molecule has 0 aliphatic heterocycles. The smallest absolute Gasteiger partial charge is 0.305 e. The molecule has 0 spiro atoms. The first-order chi connectivity index (χ1) is 13.7. The molecule has 0 bridgehead atoms. The Hall–Kier alpha value is -0.900. The molecule has 0 aromatic rings. The number of ether oxygens (including phenoxy) is 1. The third kappa shape index (κ3) is 3.28. The summed E-state index contributed by atoms with van der Waals surface area (Å²) < 4.78 is 4.83. The van der Waals surface area contributed by atoms with Crippen LogP contribution >= 0.6 is 0 Å². The number of carbonyl (C=O) groups is 2. The standard InChI is InChI=1S/C25H40O4/c1-15(5-10-23(28)29-4)19-8-9-20-18-7-6-16-13-17(26)11-12-24(16,2)21(18)14-22(27)25(19,20)3/h15-21,26H,5-14H2,1-4H3/t15-,16+,17+,18-,19+,20-,21-,24+,25-/m1/s1. The largest absolute Gasteiger partial charge is 0.469 e. The predicted octanol–water partition coefficient (Wildman–Crippen LogP) is 4.77. The molecule has 4 heteroatoms. The number of hydrogen-bond acceptors (Lipinski definition) is 4. The van der Waals surface area contributed by atoms with Crippen LogP contribution in [0.1, 0.15) is 85.0 Å². The van der Waals surface area contributed by atoms with Crippen LogP contribution < -0.4 is 0 Å². The SMILES string of the molecule is COC(=O)CC[C@@H](C)[C@@H]1CC[C@@H]2[C@H]3CC[C@H]4C[C@@H](O)CC[C@]4(C)[C@@H]3CC(=O)[C@@]21C. The molecule has 4 aliphatic carbocycles. The number of carbonyl (C=O) groups excluding carboxylic acids is 2. The Kier molecular flexibility index (Phi) is 5.63. The Bertz CT molecular complexity index is 659. The topological polar surface area (TPSA) is 63.6 Å². The van der Waals surface area contributed by atoms with E-state index in [2.05, 4.69) is 20.8 Å². The van der Waals surface area contributed by atoms with Crippen LogP contribution in [0.3, 0.4) is 0 Å². The number of methoxy groups -OCH3 is 1. The van der Waals surface area contributed by atoms with Crippen LogP contribution in [0, 0.1) is 46.3 Å². The van der Waals surface area contributed by atoms with Gasteiger partial charge in [-0.05, 0) is 92.3 Å². The molecule has 4 fully saturated rings. The Morgan fingerprint density at radius 2 is 1.93 bits per heavy atom. The lowest BCUT2D eigenvalue weighted by molar-refractivity contribution is -0.160. The lowest BCUT2D eigenvalue weighted by Crippen LogP contribution is -2.57. The van der Waals surface area contributed by atoms with Gasteiger partial charge in [0.1, 0.15) is 5.78 Å². The van der Waals surface area contributed by atoms with E-state index in [1.807, 2.05) is 0 Å². The highest BCUT2D eigenvalue weighted by atomic mass is 16.5. The summed E-state index contributed by atoms with van der Waals surface area (Å²) in [5.41, 5.74) is 0.0157. The fourth-order valence-corrected chi connectivity index (χ4v) is 8.53. The molecule has 0 amide bonds. The Morgan fingerprint density at radius 1 is 1.17 bits per heavy atom. The van der Waals surface area contributed by atoms with Gasteiger partial charge in [-0.25, -0.2) is 0 Å². The number of esters is 1. The maximum absolute atomic E-state index is 13.7. The summed E-state index contributed by atoms with van der Waals surface area (Å²) in [6.45, 7) is 6.94. The van der Waals surface area contributed by atoms with Crippen LogP contribution in [-0.4, -0.2) is 30.1 Å². The van der Waals surface area contributed by atoms with E-state index in [0.717, 1.165) is 38.5 Å². The third-order valence-corrected chi connectivity index (χ3v) is 10.3. The second-order valence-electron chi connectivity index (χ2n) is 11.3. The van der Waals surface area contributed by atoms with Crippen LogP contribution in [0.25, 0.3) is 0 Å². The maximum Gasteiger partial charge on any atom is 0.305 e. The molecule has 29 heavy (non-hydrogen) atoms. The zero-order valence-corrected chi connectivity index (χ0v) is 18.8. The lowest BCUT2D eigenvalue weighted by atomic mass is 9.44. The van der Waals surface area contributed by atoms with Crippen LogP contribution in [0.5, 0.6) is 0 Å². The van der Waals surface area contributed by atoms with E-state index in [-0.39, 0.29) is 22.9 Å². The first-order valence-corrected chi connectivity index (χ1v) is 12.0. The molecule has 0 radical (unpaired) electrons. The molecule has 9 atom stereocenters. The first-order valence-electron chi connectivity index (χ1n) is 12.0. The zero-order valence-electron chi connectivity index (χ0n) is 18.8. The molecular formula is C25H40O4. The van der Waals surface area contributed by atoms with Crippen molar-refractivity contribution < 1.29 is 19.4 Å². The molecule has 0 saturated heterocycles. The summed E-state index contributed by atoms with van der Waals surface area (Å²) in [5, 5.41) is 10.2. The molecule has 4 aliphatic rings. The second kappa shape index (κ2) is 7.66. The molecule has 0 aromatic heterocycles. The number of aliphatic hydroxyl groups excluding tert-OH is 1. The van der Waals surface area contributed by atoms with Gasteiger partial charge in [0.2, 0.25) is 0 Å². The van der Waals surface area contributed by atoms with Crippen LogP contribution in [0.2, 0.25) is 0 Å². The lowest BCUT2D eigenvalue weighted by Gasteiger charge is -2.60. The average molecular weight is 405 g/mol. The molecular weight excluding hydrogens is 364 g/mol. The minimum Gasteiger partial charge on any atom is -0.469 e. The second-order valence-corrected chi connectivity index (χ2v) is 11.3. The highest BCUT2D eigenvalue weighted by Crippen LogP contribution is 2.67. The van der Waals surface area contributed by atoms with Crippen molar-refractivity contribution in [3.8, 4) is 0 Å². The molecule has 0 unspecified atom stereocenters. The molecule has 0 aromatic carbocycles. The van der Waals surface area contributed by atoms with Crippen molar-refractivity contribution in [1.29, 1.82) is 0 Å². The quantitative estimate of drug-likeness (QED) is 0.685. The van der Waals surface area contributed by atoms with Gasteiger partial charge in [-0.2, -0.15) is 0 Å². The first kappa shape index (κ1) is 21.3. The molecule has 4 rings (SSSR count). The van der Waals surface area contributed by atoms with E-state index in [1.165, 1.54) is 26.4 Å². The van der Waals surface area contributed by atoms with Gasteiger partial charge in [0.15, 0.2) is 0 Å². The van der Waals surface area contributed by atoms with Gasteiger partial charge in [-0.3, -0.25) is 9.59 Å². The maximum atomic E-state index is 13.7. The molecule has 4 nitrogen and oxygen atoms in total. The Balaban J connectivity index is 1.54. The third-order valence-electron chi connectivity index (χ3n) is 10.3. The monoisotopic (exact) mass is 404 g/mol. The summed E-state index contributed by atoms with van der Waals surface area (Å²) in [6, 6.07) is 0. The van der Waals surface area contributed by atoms with Gasteiger partial charge in [0, 0.05) is 18.3 Å². The Labute approximate surface area is 176 Å². The van der Waals surface area contributed by atoms with Crippen molar-refractivity contribution in [1.82, 2.24) is 0 Å². The molecule has 4 saturated carbocycles. The van der Waals surface area contributed by atoms with Crippen molar-refractivity contribution >= 4 is 11.8 Å². The van der Waals surface area contributed by atoms with E-state index < -0.39 is 0 Å². The molecule has 1 N–H and O–H groups in total. The summed E-state index contributed by atoms with van der Waals surface area (Å²) in [5.74, 6) is 3.37. The number of aliphatic hydroxyl groups is 1. The summed E-state index contributed by atoms with van der Waals surface area (Å²) in [6.07, 6.45) is 9.53. The zero-order chi connectivity index (χ0) is 21.0.